The lowest BCUT2D eigenvalue weighted by molar-refractivity contribution is 0.180. The van der Waals surface area contributed by atoms with Crippen molar-refractivity contribution in [1.82, 2.24) is 0 Å². The molecular formula is C14H21FN2O. The summed E-state index contributed by atoms with van der Waals surface area (Å²) in [6, 6.07) is 6.51. The van der Waals surface area contributed by atoms with Gasteiger partial charge in [-0.2, -0.15) is 0 Å². The first kappa shape index (κ1) is 13.3. The summed E-state index contributed by atoms with van der Waals surface area (Å²) in [6.07, 6.45) is 2.16. The van der Waals surface area contributed by atoms with E-state index in [0.29, 0.717) is 12.5 Å². The fourth-order valence-electron chi connectivity index (χ4n) is 2.38. The highest BCUT2D eigenvalue weighted by Gasteiger charge is 2.42. The summed E-state index contributed by atoms with van der Waals surface area (Å²) in [5, 5.41) is 9.52. The predicted octanol–water partition coefficient (Wildman–Crippen LogP) is 1.75. The van der Waals surface area contributed by atoms with E-state index in [4.69, 9.17) is 5.73 Å². The maximum Gasteiger partial charge on any atom is 0.125 e. The quantitative estimate of drug-likeness (QED) is 0.811. The zero-order chi connectivity index (χ0) is 13.2. The van der Waals surface area contributed by atoms with Crippen LogP contribution in [0.25, 0.3) is 0 Å². The molecule has 1 aliphatic carbocycles. The molecule has 1 saturated carbocycles. The third-order valence-electron chi connectivity index (χ3n) is 3.73. The minimum Gasteiger partial charge on any atom is -0.394 e. The van der Waals surface area contributed by atoms with Crippen molar-refractivity contribution >= 4 is 5.69 Å². The average Bonchev–Trinajstić information content (AvgIpc) is 3.20. The number of aliphatic hydroxyl groups excluding tert-OH is 1. The summed E-state index contributed by atoms with van der Waals surface area (Å²) in [6.45, 7) is 3.29. The predicted molar refractivity (Wildman–Crippen MR) is 71.0 cm³/mol. The largest absolute Gasteiger partial charge is 0.394 e. The monoisotopic (exact) mass is 252 g/mol. The molecule has 0 radical (unpaired) electrons. The molecule has 2 rings (SSSR count). The second-order valence-corrected chi connectivity index (χ2v) is 5.16. The van der Waals surface area contributed by atoms with Gasteiger partial charge in [-0.25, -0.2) is 4.39 Å². The number of hydrogen-bond donors (Lipinski definition) is 2. The first-order chi connectivity index (χ1) is 8.59. The zero-order valence-corrected chi connectivity index (χ0v) is 10.8. The third kappa shape index (κ3) is 2.82. The number of hydrogen-bond acceptors (Lipinski definition) is 3. The summed E-state index contributed by atoms with van der Waals surface area (Å²) in [5.41, 5.74) is 6.52. The van der Waals surface area contributed by atoms with Crippen molar-refractivity contribution in [3.8, 4) is 0 Å². The van der Waals surface area contributed by atoms with Gasteiger partial charge in [-0.3, -0.25) is 0 Å². The van der Waals surface area contributed by atoms with E-state index in [9.17, 15) is 9.50 Å². The smallest absolute Gasteiger partial charge is 0.125 e. The highest BCUT2D eigenvalue weighted by Crippen LogP contribution is 2.39. The minimum absolute atomic E-state index is 0.0243. The van der Waals surface area contributed by atoms with Crippen LogP contribution < -0.4 is 10.6 Å². The number of nitrogens with two attached hydrogens (primary N) is 1. The van der Waals surface area contributed by atoms with E-state index in [2.05, 4.69) is 0 Å². The van der Waals surface area contributed by atoms with Gasteiger partial charge in [0, 0.05) is 18.8 Å². The van der Waals surface area contributed by atoms with Crippen LogP contribution >= 0.6 is 0 Å². The number of rotatable bonds is 6. The standard InChI is InChI=1S/C14H21FN2O/c1-2-17(13-5-3-4-12(15)8-13)9-14(16,10-18)11-6-7-11/h3-5,8,11,18H,2,6-7,9-10,16H2,1H3. The lowest BCUT2D eigenvalue weighted by atomic mass is 9.94. The van der Waals surface area contributed by atoms with E-state index < -0.39 is 5.54 Å². The van der Waals surface area contributed by atoms with Crippen LogP contribution in [0.15, 0.2) is 24.3 Å². The number of anilines is 1. The van der Waals surface area contributed by atoms with E-state index in [0.717, 1.165) is 25.1 Å². The molecule has 3 nitrogen and oxygen atoms in total. The van der Waals surface area contributed by atoms with Gasteiger partial charge < -0.3 is 15.7 Å². The molecule has 0 saturated heterocycles. The van der Waals surface area contributed by atoms with Gasteiger partial charge in [0.2, 0.25) is 0 Å². The van der Waals surface area contributed by atoms with Gasteiger partial charge in [-0.05, 0) is 43.9 Å². The molecule has 1 unspecified atom stereocenters. The average molecular weight is 252 g/mol. The Morgan fingerprint density at radius 3 is 2.72 bits per heavy atom. The van der Waals surface area contributed by atoms with E-state index in [-0.39, 0.29) is 12.4 Å². The van der Waals surface area contributed by atoms with Crippen molar-refractivity contribution in [3.05, 3.63) is 30.1 Å². The number of nitrogens with zero attached hydrogens (tertiary/aromatic N) is 1. The topological polar surface area (TPSA) is 49.5 Å². The summed E-state index contributed by atoms with van der Waals surface area (Å²) < 4.78 is 13.2. The summed E-state index contributed by atoms with van der Waals surface area (Å²) >= 11 is 0. The fourth-order valence-corrected chi connectivity index (χ4v) is 2.38. The van der Waals surface area contributed by atoms with Crippen LogP contribution in [0.1, 0.15) is 19.8 Å². The Labute approximate surface area is 107 Å². The molecule has 0 bridgehead atoms. The van der Waals surface area contributed by atoms with Crippen LogP contribution in [0.2, 0.25) is 0 Å². The molecule has 1 fully saturated rings. The molecule has 4 heteroatoms. The van der Waals surface area contributed by atoms with Crippen molar-refractivity contribution in [3.63, 3.8) is 0 Å². The number of benzene rings is 1. The molecule has 1 aromatic rings. The van der Waals surface area contributed by atoms with Crippen molar-refractivity contribution in [1.29, 1.82) is 0 Å². The molecule has 0 heterocycles. The van der Waals surface area contributed by atoms with Gasteiger partial charge in [0.05, 0.1) is 12.1 Å². The van der Waals surface area contributed by atoms with Gasteiger partial charge in [0.15, 0.2) is 0 Å². The number of likely N-dealkylation sites (N-methyl/N-ethyl adjacent to an activating group) is 1. The van der Waals surface area contributed by atoms with E-state index in [1.54, 1.807) is 6.07 Å². The second kappa shape index (κ2) is 5.24. The lowest BCUT2D eigenvalue weighted by Crippen LogP contribution is -2.55. The Morgan fingerprint density at radius 2 is 2.22 bits per heavy atom. The van der Waals surface area contributed by atoms with Crippen LogP contribution in [0, 0.1) is 11.7 Å². The lowest BCUT2D eigenvalue weighted by Gasteiger charge is -2.35. The van der Waals surface area contributed by atoms with E-state index >= 15 is 0 Å². The van der Waals surface area contributed by atoms with Gasteiger partial charge in [-0.15, -0.1) is 0 Å². The molecule has 100 valence electrons. The van der Waals surface area contributed by atoms with Gasteiger partial charge >= 0.3 is 0 Å². The minimum atomic E-state index is -0.567. The summed E-state index contributed by atoms with van der Waals surface area (Å²) in [4.78, 5) is 2.03. The summed E-state index contributed by atoms with van der Waals surface area (Å²) in [5.74, 6) is 0.147. The van der Waals surface area contributed by atoms with Crippen molar-refractivity contribution in [2.75, 3.05) is 24.6 Å². The maximum absolute atomic E-state index is 13.2. The third-order valence-corrected chi connectivity index (χ3v) is 3.73. The Balaban J connectivity index is 2.13. The second-order valence-electron chi connectivity index (χ2n) is 5.16. The maximum atomic E-state index is 13.2. The number of aliphatic hydroxyl groups is 1. The highest BCUT2D eigenvalue weighted by molar-refractivity contribution is 5.47. The molecule has 1 atom stereocenters. The molecule has 0 aliphatic heterocycles. The van der Waals surface area contributed by atoms with Crippen molar-refractivity contribution in [2.45, 2.75) is 25.3 Å². The molecular weight excluding hydrogens is 231 g/mol. The van der Waals surface area contributed by atoms with E-state index in [1.165, 1.54) is 12.1 Å². The van der Waals surface area contributed by atoms with Crippen LogP contribution in [0.3, 0.4) is 0 Å². The van der Waals surface area contributed by atoms with Gasteiger partial charge in [0.25, 0.3) is 0 Å². The van der Waals surface area contributed by atoms with Gasteiger partial charge in [-0.1, -0.05) is 6.07 Å². The molecule has 3 N–H and O–H groups in total. The van der Waals surface area contributed by atoms with Gasteiger partial charge in [0.1, 0.15) is 5.82 Å². The first-order valence-corrected chi connectivity index (χ1v) is 6.49. The van der Waals surface area contributed by atoms with Crippen LogP contribution in [0.5, 0.6) is 0 Å². The zero-order valence-electron chi connectivity index (χ0n) is 10.8. The van der Waals surface area contributed by atoms with Crippen molar-refractivity contribution < 1.29 is 9.50 Å². The Kier molecular flexibility index (Phi) is 3.88. The normalized spacial score (nSPS) is 18.4. The fraction of sp³-hybridized carbons (Fsp3) is 0.571. The van der Waals surface area contributed by atoms with E-state index in [1.807, 2.05) is 17.9 Å². The Morgan fingerprint density at radius 1 is 1.50 bits per heavy atom. The Bertz CT molecular complexity index is 409. The molecule has 0 aromatic heterocycles. The molecule has 0 spiro atoms. The van der Waals surface area contributed by atoms with Crippen LogP contribution in [-0.2, 0) is 0 Å². The van der Waals surface area contributed by atoms with Crippen LogP contribution in [-0.4, -0.2) is 30.3 Å². The Hall–Kier alpha value is -1.13. The number of halogens is 1. The SMILES string of the molecule is CCN(CC(N)(CO)C1CC1)c1cccc(F)c1. The molecule has 1 aromatic carbocycles. The summed E-state index contributed by atoms with van der Waals surface area (Å²) in [7, 11) is 0. The first-order valence-electron chi connectivity index (χ1n) is 6.49. The van der Waals surface area contributed by atoms with Crippen molar-refractivity contribution in [2.24, 2.45) is 11.7 Å². The highest BCUT2D eigenvalue weighted by atomic mass is 19.1. The van der Waals surface area contributed by atoms with Crippen LogP contribution in [0.4, 0.5) is 10.1 Å². The molecule has 1 aliphatic rings. The molecule has 0 amide bonds. The molecule has 18 heavy (non-hydrogen) atoms.